The minimum Gasteiger partial charge on any atom is -0.491 e. The van der Waals surface area contributed by atoms with Crippen molar-refractivity contribution in [2.45, 2.75) is 52.3 Å². The summed E-state index contributed by atoms with van der Waals surface area (Å²) in [5.41, 5.74) is 6.72. The van der Waals surface area contributed by atoms with Crippen LogP contribution >= 0.6 is 12.4 Å². The molecular formula is C15H25ClN2O2. The van der Waals surface area contributed by atoms with Gasteiger partial charge in [0.25, 0.3) is 0 Å². The van der Waals surface area contributed by atoms with E-state index in [1.165, 1.54) is 0 Å². The van der Waals surface area contributed by atoms with Gasteiger partial charge in [-0.1, -0.05) is 19.1 Å². The van der Waals surface area contributed by atoms with Crippen molar-refractivity contribution in [1.82, 2.24) is 5.32 Å². The molecule has 0 aliphatic heterocycles. The molecule has 1 rings (SSSR count). The molecular weight excluding hydrogens is 276 g/mol. The number of benzene rings is 1. The summed E-state index contributed by atoms with van der Waals surface area (Å²) in [7, 11) is 0. The summed E-state index contributed by atoms with van der Waals surface area (Å²) in [6.45, 7) is 7.82. The first kappa shape index (κ1) is 18.7. The number of halogens is 1. The van der Waals surface area contributed by atoms with Crippen molar-refractivity contribution in [2.24, 2.45) is 5.73 Å². The molecule has 4 nitrogen and oxygen atoms in total. The fraction of sp³-hybridized carbons (Fsp3) is 0.533. The van der Waals surface area contributed by atoms with Gasteiger partial charge < -0.3 is 15.8 Å². The number of nitrogens with two attached hydrogens (primary N) is 1. The molecule has 0 radical (unpaired) electrons. The lowest BCUT2D eigenvalue weighted by Gasteiger charge is -2.17. The van der Waals surface area contributed by atoms with Crippen LogP contribution in [0.4, 0.5) is 0 Å². The lowest BCUT2D eigenvalue weighted by atomic mass is 10.1. The molecule has 1 amide bonds. The van der Waals surface area contributed by atoms with Gasteiger partial charge in [0.1, 0.15) is 5.75 Å². The van der Waals surface area contributed by atoms with E-state index in [1.807, 2.05) is 52.0 Å². The molecule has 0 heterocycles. The summed E-state index contributed by atoms with van der Waals surface area (Å²) < 4.78 is 5.58. The highest BCUT2D eigenvalue weighted by Gasteiger charge is 2.14. The van der Waals surface area contributed by atoms with Crippen molar-refractivity contribution < 1.29 is 9.53 Å². The minimum absolute atomic E-state index is 0. The van der Waals surface area contributed by atoms with E-state index in [4.69, 9.17) is 10.5 Å². The summed E-state index contributed by atoms with van der Waals surface area (Å²) in [5.74, 6) is 0.722. The lowest BCUT2D eigenvalue weighted by Crippen LogP contribution is -2.41. The molecule has 0 spiro atoms. The van der Waals surface area contributed by atoms with Crippen LogP contribution in [0.15, 0.2) is 24.3 Å². The predicted octanol–water partition coefficient (Wildman–Crippen LogP) is 2.81. The number of rotatable bonds is 6. The van der Waals surface area contributed by atoms with Crippen LogP contribution in [0, 0.1) is 0 Å². The van der Waals surface area contributed by atoms with Crippen LogP contribution in [0.2, 0.25) is 0 Å². The fourth-order valence-electron chi connectivity index (χ4n) is 1.70. The second-order valence-corrected chi connectivity index (χ2v) is 4.98. The summed E-state index contributed by atoms with van der Waals surface area (Å²) in [6.07, 6.45) is 0.797. The zero-order chi connectivity index (χ0) is 14.4. The van der Waals surface area contributed by atoms with Gasteiger partial charge in [-0.2, -0.15) is 0 Å². The predicted molar refractivity (Wildman–Crippen MR) is 84.3 cm³/mol. The molecule has 0 aliphatic carbocycles. The van der Waals surface area contributed by atoms with E-state index >= 15 is 0 Å². The molecule has 0 aliphatic rings. The highest BCUT2D eigenvalue weighted by Crippen LogP contribution is 2.18. The molecule has 0 aromatic heterocycles. The van der Waals surface area contributed by atoms with Crippen molar-refractivity contribution in [3.8, 4) is 5.75 Å². The van der Waals surface area contributed by atoms with E-state index in [1.54, 1.807) is 0 Å². The van der Waals surface area contributed by atoms with E-state index in [0.29, 0.717) is 6.42 Å². The van der Waals surface area contributed by atoms with Crippen molar-refractivity contribution in [3.05, 3.63) is 29.8 Å². The van der Waals surface area contributed by atoms with Crippen molar-refractivity contribution in [3.63, 3.8) is 0 Å². The normalized spacial score (nSPS) is 13.3. The van der Waals surface area contributed by atoms with Crippen LogP contribution in [-0.4, -0.2) is 18.1 Å². The molecule has 114 valence electrons. The number of carbonyl (C=O) groups is 1. The molecule has 2 atom stereocenters. The first-order valence-corrected chi connectivity index (χ1v) is 6.76. The molecule has 0 bridgehead atoms. The number of hydrogen-bond donors (Lipinski definition) is 2. The maximum atomic E-state index is 11.7. The Hall–Kier alpha value is -1.26. The first-order chi connectivity index (χ1) is 8.93. The summed E-state index contributed by atoms with van der Waals surface area (Å²) in [5, 5.41) is 2.90. The van der Waals surface area contributed by atoms with Crippen molar-refractivity contribution >= 4 is 18.3 Å². The Balaban J connectivity index is 0.00000361. The van der Waals surface area contributed by atoms with Crippen LogP contribution in [-0.2, 0) is 4.79 Å². The Morgan fingerprint density at radius 2 is 1.80 bits per heavy atom. The molecule has 0 saturated heterocycles. The Morgan fingerprint density at radius 1 is 1.25 bits per heavy atom. The number of carbonyl (C=O) groups excluding carboxylic acids is 1. The molecule has 1 aromatic rings. The number of hydrogen-bond acceptors (Lipinski definition) is 3. The number of amides is 1. The van der Waals surface area contributed by atoms with E-state index < -0.39 is 6.04 Å². The van der Waals surface area contributed by atoms with Gasteiger partial charge in [0.05, 0.1) is 18.2 Å². The van der Waals surface area contributed by atoms with Gasteiger partial charge in [-0.15, -0.1) is 12.4 Å². The number of nitrogens with one attached hydrogen (secondary N) is 1. The average molecular weight is 301 g/mol. The van der Waals surface area contributed by atoms with Gasteiger partial charge in [0.15, 0.2) is 0 Å². The molecule has 1 aromatic carbocycles. The third-order valence-corrected chi connectivity index (χ3v) is 2.89. The second kappa shape index (κ2) is 8.82. The third-order valence-electron chi connectivity index (χ3n) is 2.89. The summed E-state index contributed by atoms with van der Waals surface area (Å²) in [6, 6.07) is 7.25. The first-order valence-electron chi connectivity index (χ1n) is 6.76. The van der Waals surface area contributed by atoms with Gasteiger partial charge in [-0.25, -0.2) is 0 Å². The van der Waals surface area contributed by atoms with Gasteiger partial charge in [0, 0.05) is 0 Å². The zero-order valence-electron chi connectivity index (χ0n) is 12.6. The standard InChI is InChI=1S/C15H24N2O2.ClH/c1-5-14(16)15(18)17-11(4)12-6-8-13(9-7-12)19-10(2)3;/h6-11,14H,5,16H2,1-4H3,(H,17,18);1H/t11?,14-;/m0./s1. The smallest absolute Gasteiger partial charge is 0.237 e. The Morgan fingerprint density at radius 3 is 2.25 bits per heavy atom. The quantitative estimate of drug-likeness (QED) is 0.849. The van der Waals surface area contributed by atoms with E-state index in [0.717, 1.165) is 11.3 Å². The highest BCUT2D eigenvalue weighted by atomic mass is 35.5. The highest BCUT2D eigenvalue weighted by molar-refractivity contribution is 5.85. The molecule has 0 saturated carbocycles. The van der Waals surface area contributed by atoms with Crippen molar-refractivity contribution in [2.75, 3.05) is 0 Å². The number of ether oxygens (including phenoxy) is 1. The van der Waals surface area contributed by atoms with Crippen LogP contribution in [0.5, 0.6) is 5.75 Å². The molecule has 0 fully saturated rings. The largest absolute Gasteiger partial charge is 0.491 e. The van der Waals surface area contributed by atoms with Gasteiger partial charge in [-0.05, 0) is 44.9 Å². The summed E-state index contributed by atoms with van der Waals surface area (Å²) in [4.78, 5) is 11.7. The summed E-state index contributed by atoms with van der Waals surface area (Å²) >= 11 is 0. The zero-order valence-corrected chi connectivity index (χ0v) is 13.4. The SMILES string of the molecule is CC[C@H](N)C(=O)NC(C)c1ccc(OC(C)C)cc1.Cl. The topological polar surface area (TPSA) is 64.4 Å². The molecule has 1 unspecified atom stereocenters. The monoisotopic (exact) mass is 300 g/mol. The van der Waals surface area contributed by atoms with Crippen LogP contribution < -0.4 is 15.8 Å². The Kier molecular flexibility index (Phi) is 8.26. The maximum Gasteiger partial charge on any atom is 0.237 e. The second-order valence-electron chi connectivity index (χ2n) is 4.98. The van der Waals surface area contributed by atoms with Crippen LogP contribution in [0.25, 0.3) is 0 Å². The minimum atomic E-state index is -0.439. The van der Waals surface area contributed by atoms with Crippen molar-refractivity contribution in [1.29, 1.82) is 0 Å². The van der Waals surface area contributed by atoms with E-state index in [-0.39, 0.29) is 30.5 Å². The fourth-order valence-corrected chi connectivity index (χ4v) is 1.70. The lowest BCUT2D eigenvalue weighted by molar-refractivity contribution is -0.123. The maximum absolute atomic E-state index is 11.7. The van der Waals surface area contributed by atoms with Gasteiger partial charge in [0.2, 0.25) is 5.91 Å². The van der Waals surface area contributed by atoms with E-state index in [2.05, 4.69) is 5.32 Å². The van der Waals surface area contributed by atoms with Crippen LogP contribution in [0.1, 0.15) is 45.7 Å². The third kappa shape index (κ3) is 5.80. The van der Waals surface area contributed by atoms with Gasteiger partial charge in [-0.3, -0.25) is 4.79 Å². The van der Waals surface area contributed by atoms with E-state index in [9.17, 15) is 4.79 Å². The van der Waals surface area contributed by atoms with Crippen LogP contribution in [0.3, 0.4) is 0 Å². The average Bonchev–Trinajstić information content (AvgIpc) is 2.37. The molecule has 5 heteroatoms. The Bertz CT molecular complexity index is 407. The molecule has 20 heavy (non-hydrogen) atoms. The van der Waals surface area contributed by atoms with Gasteiger partial charge >= 0.3 is 0 Å². The molecule has 3 N–H and O–H groups in total. The Labute approximate surface area is 127 Å².